The van der Waals surface area contributed by atoms with Crippen LogP contribution in [0, 0.1) is 0 Å². The highest BCUT2D eigenvalue weighted by Crippen LogP contribution is 2.28. The van der Waals surface area contributed by atoms with Gasteiger partial charge in [-0.3, -0.25) is 14.5 Å². The summed E-state index contributed by atoms with van der Waals surface area (Å²) in [5.74, 6) is -0.199. The normalized spacial score (nSPS) is 18.9. The number of hydrogen-bond acceptors (Lipinski definition) is 4. The zero-order chi connectivity index (χ0) is 20.6. The summed E-state index contributed by atoms with van der Waals surface area (Å²) < 4.78 is 1.90. The molecule has 2 N–H and O–H groups in total. The molecule has 1 saturated heterocycles. The first-order valence-corrected chi connectivity index (χ1v) is 9.27. The number of imidazole rings is 1. The van der Waals surface area contributed by atoms with Crippen molar-refractivity contribution in [3.8, 4) is 0 Å². The quantitative estimate of drug-likeness (QED) is 0.647. The van der Waals surface area contributed by atoms with Crippen molar-refractivity contribution in [1.82, 2.24) is 25.1 Å². The lowest BCUT2D eigenvalue weighted by Gasteiger charge is -2.22. The summed E-state index contributed by atoms with van der Waals surface area (Å²) in [4.78, 5) is 43.1. The van der Waals surface area contributed by atoms with Gasteiger partial charge in [0.05, 0.1) is 17.6 Å². The Labute approximate surface area is 167 Å². The van der Waals surface area contributed by atoms with Gasteiger partial charge in [-0.25, -0.2) is 9.78 Å². The van der Waals surface area contributed by atoms with Crippen LogP contribution in [0.1, 0.15) is 18.3 Å². The number of urea groups is 1. The molecule has 4 rings (SSSR count). The van der Waals surface area contributed by atoms with Gasteiger partial charge in [0.25, 0.3) is 5.91 Å². The van der Waals surface area contributed by atoms with Crippen LogP contribution in [0.3, 0.4) is 0 Å². The number of carbonyl (C=O) groups excluding carboxylic acids is 3. The molecule has 8 nitrogen and oxygen atoms in total. The summed E-state index contributed by atoms with van der Waals surface area (Å²) in [5, 5.41) is 5.43. The fourth-order valence-electron chi connectivity index (χ4n) is 3.54. The fraction of sp³-hybridized carbons (Fsp3) is 0.238. The predicted octanol–water partition coefficient (Wildman–Crippen LogP) is 1.66. The van der Waals surface area contributed by atoms with Crippen LogP contribution in [-0.2, 0) is 28.7 Å². The van der Waals surface area contributed by atoms with E-state index in [9.17, 15) is 14.4 Å². The lowest BCUT2D eigenvalue weighted by molar-refractivity contribution is -0.134. The molecule has 1 unspecified atom stereocenters. The number of nitrogens with one attached hydrogen (secondary N) is 2. The number of para-hydroxylation sites is 2. The number of imide groups is 1. The third-order valence-electron chi connectivity index (χ3n) is 5.25. The predicted molar refractivity (Wildman–Crippen MR) is 107 cm³/mol. The summed E-state index contributed by atoms with van der Waals surface area (Å²) in [6, 6.07) is 16.1. The average Bonchev–Trinajstić information content (AvgIpc) is 3.16. The second-order valence-electron chi connectivity index (χ2n) is 7.16. The number of rotatable bonds is 5. The van der Waals surface area contributed by atoms with E-state index >= 15 is 0 Å². The van der Waals surface area contributed by atoms with Crippen molar-refractivity contribution in [3.63, 3.8) is 0 Å². The maximum absolute atomic E-state index is 12.9. The molecule has 0 saturated carbocycles. The van der Waals surface area contributed by atoms with Gasteiger partial charge >= 0.3 is 6.03 Å². The van der Waals surface area contributed by atoms with Crippen LogP contribution in [0.2, 0.25) is 0 Å². The smallest absolute Gasteiger partial charge is 0.325 e. The van der Waals surface area contributed by atoms with Gasteiger partial charge in [0, 0.05) is 7.05 Å². The van der Waals surface area contributed by atoms with Gasteiger partial charge in [0.1, 0.15) is 17.9 Å². The number of amides is 4. The molecule has 4 amide bonds. The highest BCUT2D eigenvalue weighted by molar-refractivity contribution is 6.09. The number of benzene rings is 2. The monoisotopic (exact) mass is 391 g/mol. The lowest BCUT2D eigenvalue weighted by atomic mass is 9.92. The van der Waals surface area contributed by atoms with Gasteiger partial charge in [-0.15, -0.1) is 0 Å². The van der Waals surface area contributed by atoms with Crippen LogP contribution in [0.15, 0.2) is 54.6 Å². The first-order valence-electron chi connectivity index (χ1n) is 9.27. The van der Waals surface area contributed by atoms with E-state index in [0.717, 1.165) is 15.9 Å². The SMILES string of the molecule is Cn1c(CNC(=O)CN2C(=O)NC(C)(c3ccccc3)C2=O)nc2ccccc21. The second-order valence-corrected chi connectivity index (χ2v) is 7.16. The first kappa shape index (κ1) is 18.7. The Kier molecular flexibility index (Phi) is 4.54. The summed E-state index contributed by atoms with van der Waals surface area (Å²) >= 11 is 0. The molecule has 2 aromatic carbocycles. The molecule has 148 valence electrons. The average molecular weight is 391 g/mol. The maximum Gasteiger partial charge on any atom is 0.325 e. The van der Waals surface area contributed by atoms with E-state index in [1.807, 2.05) is 41.9 Å². The molecular formula is C21H21N5O3. The standard InChI is InChI=1S/C21H21N5O3/c1-21(14-8-4-3-5-9-14)19(28)26(20(29)24-21)13-18(27)22-12-17-23-15-10-6-7-11-16(15)25(17)2/h3-11H,12-13H2,1-2H3,(H,22,27)(H,24,29). The van der Waals surface area contributed by atoms with Gasteiger partial charge < -0.3 is 15.2 Å². The summed E-state index contributed by atoms with van der Waals surface area (Å²) in [6.45, 7) is 1.49. The molecule has 8 heteroatoms. The molecular weight excluding hydrogens is 370 g/mol. The number of nitrogens with zero attached hydrogens (tertiary/aromatic N) is 3. The molecule has 1 aromatic heterocycles. The van der Waals surface area contributed by atoms with Crippen LogP contribution in [-0.4, -0.2) is 38.8 Å². The lowest BCUT2D eigenvalue weighted by Crippen LogP contribution is -2.43. The zero-order valence-corrected chi connectivity index (χ0v) is 16.2. The Bertz CT molecular complexity index is 1110. The van der Waals surface area contributed by atoms with Crippen molar-refractivity contribution in [3.05, 3.63) is 66.0 Å². The van der Waals surface area contributed by atoms with Crippen molar-refractivity contribution in [2.24, 2.45) is 7.05 Å². The minimum Gasteiger partial charge on any atom is -0.347 e. The van der Waals surface area contributed by atoms with Crippen LogP contribution in [0.5, 0.6) is 0 Å². The molecule has 0 bridgehead atoms. The molecule has 1 aliphatic rings. The van der Waals surface area contributed by atoms with E-state index in [-0.39, 0.29) is 13.1 Å². The minimum absolute atomic E-state index is 0.198. The maximum atomic E-state index is 12.9. The topological polar surface area (TPSA) is 96.3 Å². The first-order chi connectivity index (χ1) is 13.9. The van der Waals surface area contributed by atoms with E-state index in [1.165, 1.54) is 0 Å². The molecule has 0 radical (unpaired) electrons. The number of aryl methyl sites for hydroxylation is 1. The highest BCUT2D eigenvalue weighted by Gasteiger charge is 2.49. The molecule has 2 heterocycles. The Morgan fingerprint density at radius 3 is 2.52 bits per heavy atom. The van der Waals surface area contributed by atoms with Gasteiger partial charge in [0.2, 0.25) is 5.91 Å². The molecule has 3 aromatic rings. The van der Waals surface area contributed by atoms with E-state index < -0.39 is 23.4 Å². The molecule has 1 aliphatic heterocycles. The number of carbonyl (C=O) groups is 3. The van der Waals surface area contributed by atoms with Crippen LogP contribution in [0.4, 0.5) is 4.79 Å². The summed E-state index contributed by atoms with van der Waals surface area (Å²) in [6.07, 6.45) is 0. The van der Waals surface area contributed by atoms with Crippen molar-refractivity contribution < 1.29 is 14.4 Å². The molecule has 29 heavy (non-hydrogen) atoms. The van der Waals surface area contributed by atoms with E-state index in [4.69, 9.17) is 0 Å². The van der Waals surface area contributed by atoms with Crippen LogP contribution < -0.4 is 10.6 Å². The molecule has 1 fully saturated rings. The molecule has 0 aliphatic carbocycles. The third kappa shape index (κ3) is 3.22. The van der Waals surface area contributed by atoms with Gasteiger partial charge in [-0.1, -0.05) is 42.5 Å². The number of hydrogen-bond donors (Lipinski definition) is 2. The van der Waals surface area contributed by atoms with Crippen molar-refractivity contribution in [2.45, 2.75) is 19.0 Å². The largest absolute Gasteiger partial charge is 0.347 e. The van der Waals surface area contributed by atoms with E-state index in [0.29, 0.717) is 11.4 Å². The van der Waals surface area contributed by atoms with Gasteiger partial charge in [-0.2, -0.15) is 0 Å². The number of aromatic nitrogens is 2. The fourth-order valence-corrected chi connectivity index (χ4v) is 3.54. The van der Waals surface area contributed by atoms with Crippen molar-refractivity contribution >= 4 is 28.9 Å². The highest BCUT2D eigenvalue weighted by atomic mass is 16.2. The Morgan fingerprint density at radius 2 is 1.79 bits per heavy atom. The van der Waals surface area contributed by atoms with Crippen LogP contribution in [0.25, 0.3) is 11.0 Å². The van der Waals surface area contributed by atoms with E-state index in [1.54, 1.807) is 31.2 Å². The number of fused-ring (bicyclic) bond motifs is 1. The Balaban J connectivity index is 1.43. The summed E-state index contributed by atoms with van der Waals surface area (Å²) in [7, 11) is 1.87. The minimum atomic E-state index is -1.18. The summed E-state index contributed by atoms with van der Waals surface area (Å²) in [5.41, 5.74) is 1.29. The third-order valence-corrected chi connectivity index (χ3v) is 5.25. The molecule has 0 spiro atoms. The van der Waals surface area contributed by atoms with Gasteiger partial charge in [0.15, 0.2) is 0 Å². The Morgan fingerprint density at radius 1 is 1.10 bits per heavy atom. The van der Waals surface area contributed by atoms with Crippen molar-refractivity contribution in [1.29, 1.82) is 0 Å². The van der Waals surface area contributed by atoms with E-state index in [2.05, 4.69) is 15.6 Å². The molecule has 1 atom stereocenters. The Hall–Kier alpha value is -3.68. The second kappa shape index (κ2) is 7.05. The van der Waals surface area contributed by atoms with Crippen LogP contribution >= 0.6 is 0 Å². The van der Waals surface area contributed by atoms with Gasteiger partial charge in [-0.05, 0) is 24.6 Å². The zero-order valence-electron chi connectivity index (χ0n) is 16.2. The van der Waals surface area contributed by atoms with Crippen molar-refractivity contribution in [2.75, 3.05) is 6.54 Å².